The Balaban J connectivity index is 0.000000249. The van der Waals surface area contributed by atoms with E-state index < -0.39 is 0 Å². The van der Waals surface area contributed by atoms with Crippen LogP contribution in [0.15, 0.2) is 103 Å². The van der Waals surface area contributed by atoms with Crippen molar-refractivity contribution in [3.8, 4) is 0 Å². The van der Waals surface area contributed by atoms with Gasteiger partial charge in [0.05, 0.1) is 0 Å². The molecule has 0 fully saturated rings. The molecule has 0 bridgehead atoms. The number of aromatic nitrogens is 1. The van der Waals surface area contributed by atoms with Crippen molar-refractivity contribution in [2.24, 2.45) is 0 Å². The summed E-state index contributed by atoms with van der Waals surface area (Å²) in [6, 6.07) is 38.6. The third kappa shape index (κ3) is 6.64. The normalized spacial score (nSPS) is 12.4. The molecular weight excluding hydrogens is 774 g/mol. The van der Waals surface area contributed by atoms with Crippen LogP contribution in [0.2, 0.25) is 0 Å². The summed E-state index contributed by atoms with van der Waals surface area (Å²) < 4.78 is 17.7. The molecule has 0 saturated carbocycles. The van der Waals surface area contributed by atoms with Gasteiger partial charge in [0, 0.05) is 34.4 Å². The first kappa shape index (κ1) is 35.3. The van der Waals surface area contributed by atoms with Crippen molar-refractivity contribution in [3.05, 3.63) is 131 Å². The van der Waals surface area contributed by atoms with E-state index in [0.717, 1.165) is 21.8 Å². The van der Waals surface area contributed by atoms with E-state index in [4.69, 9.17) is 0 Å². The van der Waals surface area contributed by atoms with Crippen molar-refractivity contribution in [3.63, 3.8) is 0 Å². The summed E-state index contributed by atoms with van der Waals surface area (Å²) in [5.41, 5.74) is 12.2. The average molecular weight is 820 g/mol. The summed E-state index contributed by atoms with van der Waals surface area (Å²) in [6.45, 7) is 18.3. The molecule has 0 spiro atoms. The standard InChI is InChI=1S/C31H38N2.C12H7FN.Au/c1-20(2)24-13-11-14-25(21(3)4)30(24)32-19-33(29-18-10-9-17-28(29)32)31-26(22(5)6)15-12-16-27(31)23(7)8;13-8-5-6-12-10(7-8)9-3-1-2-4-11(9)14-12;/h9-18,20-23H,1-8H3;1-7H;/q+2;-1;+1. The molecule has 0 atom stereocenters. The van der Waals surface area contributed by atoms with Crippen LogP contribution >= 0.6 is 0 Å². The summed E-state index contributed by atoms with van der Waals surface area (Å²) >= 11 is 0. The minimum absolute atomic E-state index is 0. The molecule has 1 aliphatic heterocycles. The van der Waals surface area contributed by atoms with Crippen LogP contribution in [-0.2, 0) is 22.4 Å². The first-order valence-electron chi connectivity index (χ1n) is 16.9. The molecule has 5 aromatic carbocycles. The van der Waals surface area contributed by atoms with Gasteiger partial charge in [0.25, 0.3) is 11.4 Å². The maximum Gasteiger partial charge on any atom is 1.00 e. The molecule has 248 valence electrons. The fourth-order valence-corrected chi connectivity index (χ4v) is 6.68. The largest absolute Gasteiger partial charge is 1.00 e. The van der Waals surface area contributed by atoms with E-state index in [2.05, 4.69) is 136 Å². The Bertz CT molecular complexity index is 2020. The Kier molecular flexibility index (Phi) is 10.7. The number of hydrogen-bond acceptors (Lipinski definition) is 0. The molecule has 48 heavy (non-hydrogen) atoms. The van der Waals surface area contributed by atoms with Gasteiger partial charge in [-0.15, -0.1) is 11.0 Å². The Morgan fingerprint density at radius 2 is 0.917 bits per heavy atom. The van der Waals surface area contributed by atoms with E-state index in [-0.39, 0.29) is 28.2 Å². The van der Waals surface area contributed by atoms with E-state index >= 15 is 0 Å². The van der Waals surface area contributed by atoms with Gasteiger partial charge in [-0.3, -0.25) is 0 Å². The quantitative estimate of drug-likeness (QED) is 0.121. The van der Waals surface area contributed by atoms with Gasteiger partial charge < -0.3 is 4.98 Å². The first-order chi connectivity index (χ1) is 22.6. The summed E-state index contributed by atoms with van der Waals surface area (Å²) in [5, 5.41) is 1.91. The minimum atomic E-state index is -0.212. The Morgan fingerprint density at radius 3 is 1.38 bits per heavy atom. The van der Waals surface area contributed by atoms with E-state index in [9.17, 15) is 4.39 Å². The molecule has 7 rings (SSSR count). The smallest absolute Gasteiger partial charge is 0.657 e. The molecule has 3 nitrogen and oxygen atoms in total. The number of nitrogens with zero attached hydrogens (tertiary/aromatic N) is 3. The maximum atomic E-state index is 13.0. The molecule has 1 aromatic heterocycles. The molecule has 0 N–H and O–H groups in total. The van der Waals surface area contributed by atoms with Gasteiger partial charge in [0.1, 0.15) is 5.82 Å². The molecule has 0 unspecified atom stereocenters. The number of rotatable bonds is 6. The van der Waals surface area contributed by atoms with Gasteiger partial charge in [-0.25, -0.2) is 4.39 Å². The zero-order chi connectivity index (χ0) is 33.4. The van der Waals surface area contributed by atoms with Gasteiger partial charge >= 0.3 is 28.4 Å². The molecule has 0 aliphatic carbocycles. The van der Waals surface area contributed by atoms with Crippen LogP contribution < -0.4 is 14.1 Å². The van der Waals surface area contributed by atoms with E-state index in [0.29, 0.717) is 23.7 Å². The van der Waals surface area contributed by atoms with Crippen molar-refractivity contribution >= 4 is 50.6 Å². The number of halogens is 1. The van der Waals surface area contributed by atoms with Crippen LogP contribution in [0.4, 0.5) is 27.1 Å². The molecule has 0 radical (unpaired) electrons. The second kappa shape index (κ2) is 14.6. The number of hydrogen-bond donors (Lipinski definition) is 0. The summed E-state index contributed by atoms with van der Waals surface area (Å²) in [6.07, 6.45) is 0. The zero-order valence-corrected chi connectivity index (χ0v) is 31.3. The zero-order valence-electron chi connectivity index (χ0n) is 29.1. The maximum absolute atomic E-state index is 13.0. The van der Waals surface area contributed by atoms with Crippen molar-refractivity contribution in [2.45, 2.75) is 79.1 Å². The van der Waals surface area contributed by atoms with Crippen molar-refractivity contribution in [2.75, 3.05) is 0 Å². The summed E-state index contributed by atoms with van der Waals surface area (Å²) in [7, 11) is 0. The topological polar surface area (TPSA) is 20.1 Å². The van der Waals surface area contributed by atoms with E-state index in [1.54, 1.807) is 6.07 Å². The second-order valence-electron chi connectivity index (χ2n) is 13.7. The van der Waals surface area contributed by atoms with Crippen LogP contribution in [0.5, 0.6) is 0 Å². The number of benzene rings is 5. The van der Waals surface area contributed by atoms with Crippen molar-refractivity contribution in [1.29, 1.82) is 0 Å². The van der Waals surface area contributed by atoms with Crippen LogP contribution in [0.25, 0.3) is 21.8 Å². The first-order valence-corrected chi connectivity index (χ1v) is 16.9. The van der Waals surface area contributed by atoms with Crippen LogP contribution in [0.1, 0.15) is 101 Å². The monoisotopic (exact) mass is 819 g/mol. The fraction of sp³-hybridized carbons (Fsp3) is 0.279. The molecule has 1 aliphatic rings. The summed E-state index contributed by atoms with van der Waals surface area (Å²) in [4.78, 5) is 4.39. The van der Waals surface area contributed by atoms with E-state index in [1.807, 2.05) is 24.3 Å². The van der Waals surface area contributed by atoms with E-state index in [1.165, 1.54) is 57.1 Å². The SMILES string of the molecule is CC(C)c1cccc(C(C)C)c1[N+]1=C=[N+](c2c(C(C)C)cccc2C(C)C)c2ccccc21.Fc1ccc2[n-]c3ccccc3c2c1.[Au+]. The minimum Gasteiger partial charge on any atom is -0.657 e. The third-order valence-corrected chi connectivity index (χ3v) is 9.09. The second-order valence-corrected chi connectivity index (χ2v) is 13.7. The number of fused-ring (bicyclic) bond motifs is 4. The Labute approximate surface area is 300 Å². The Hall–Kier alpha value is -4.05. The molecule has 2 heterocycles. The third-order valence-electron chi connectivity index (χ3n) is 9.09. The van der Waals surface area contributed by atoms with Crippen molar-refractivity contribution < 1.29 is 26.8 Å². The molecule has 5 heteroatoms. The van der Waals surface area contributed by atoms with Crippen LogP contribution in [0.3, 0.4) is 0 Å². The van der Waals surface area contributed by atoms with Crippen molar-refractivity contribution in [1.82, 2.24) is 14.1 Å². The van der Waals surface area contributed by atoms with Crippen LogP contribution in [0, 0.1) is 5.82 Å². The molecule has 0 saturated heterocycles. The van der Waals surface area contributed by atoms with Gasteiger partial charge in [-0.1, -0.05) is 134 Å². The van der Waals surface area contributed by atoms with Gasteiger partial charge in [-0.2, -0.15) is 0 Å². The molecule has 0 amide bonds. The molecule has 6 aromatic rings. The number of para-hydroxylation sites is 5. The van der Waals surface area contributed by atoms with Gasteiger partial charge in [-0.05, 0) is 55.7 Å². The predicted octanol–water partition coefficient (Wildman–Crippen LogP) is 12.1. The average Bonchev–Trinajstić information content (AvgIpc) is 3.62. The fourth-order valence-electron chi connectivity index (χ4n) is 6.68. The van der Waals surface area contributed by atoms with Gasteiger partial charge in [0.2, 0.25) is 11.4 Å². The van der Waals surface area contributed by atoms with Crippen LogP contribution in [-0.4, -0.2) is 6.01 Å². The summed E-state index contributed by atoms with van der Waals surface area (Å²) in [5.74, 6) is 1.49. The molecular formula is C43H45AuFN3+2. The predicted molar refractivity (Wildman–Crippen MR) is 198 cm³/mol. The van der Waals surface area contributed by atoms with Gasteiger partial charge in [0.15, 0.2) is 0 Å². The Morgan fingerprint density at radius 1 is 0.500 bits per heavy atom.